The minimum absolute atomic E-state index is 0.135. The van der Waals surface area contributed by atoms with Crippen LogP contribution < -0.4 is 0 Å². The molecule has 1 N–H and O–H groups in total. The number of aromatic nitrogens is 2. The van der Waals surface area contributed by atoms with E-state index in [0.717, 1.165) is 24.1 Å². The predicted molar refractivity (Wildman–Crippen MR) is 88.0 cm³/mol. The molecule has 1 fully saturated rings. The normalized spacial score (nSPS) is 15.5. The Morgan fingerprint density at radius 1 is 1.13 bits per heavy atom. The largest absolute Gasteiger partial charge is 0.478 e. The minimum atomic E-state index is -0.941. The maximum atomic E-state index is 11.4. The third-order valence-electron chi connectivity index (χ3n) is 4.49. The van der Waals surface area contributed by atoms with E-state index in [-0.39, 0.29) is 11.0 Å². The van der Waals surface area contributed by atoms with Gasteiger partial charge >= 0.3 is 5.97 Å². The lowest BCUT2D eigenvalue weighted by Crippen LogP contribution is -2.11. The van der Waals surface area contributed by atoms with Crippen molar-refractivity contribution in [2.75, 3.05) is 0 Å². The van der Waals surface area contributed by atoms with Crippen LogP contribution in [0.5, 0.6) is 0 Å². The maximum absolute atomic E-state index is 11.4. The molecule has 0 atom stereocenters. The molecule has 0 aliphatic heterocycles. The average Bonchev–Trinajstić information content (AvgIpc) is 3.36. The molecule has 114 valence electrons. The van der Waals surface area contributed by atoms with Gasteiger partial charge in [-0.25, -0.2) is 4.79 Å². The molecule has 0 radical (unpaired) electrons. The van der Waals surface area contributed by atoms with Crippen LogP contribution >= 0.6 is 11.6 Å². The minimum Gasteiger partial charge on any atom is -0.478 e. The van der Waals surface area contributed by atoms with Crippen LogP contribution in [0.15, 0.2) is 48.8 Å². The third-order valence-corrected chi connectivity index (χ3v) is 4.72. The van der Waals surface area contributed by atoms with Crippen molar-refractivity contribution in [3.8, 4) is 0 Å². The second-order valence-electron chi connectivity index (χ2n) is 5.84. The van der Waals surface area contributed by atoms with Crippen LogP contribution in [0, 0.1) is 0 Å². The number of hydrogen-bond acceptors (Lipinski definition) is 3. The lowest BCUT2D eigenvalue weighted by atomic mass is 9.90. The quantitative estimate of drug-likeness (QED) is 0.789. The SMILES string of the molecule is O=C(O)c1ccnc2ccc(C3(c4ccc(Cl)cn4)CC3)cc12. The third kappa shape index (κ3) is 2.26. The molecule has 3 aromatic rings. The van der Waals surface area contributed by atoms with Gasteiger partial charge in [-0.1, -0.05) is 17.7 Å². The van der Waals surface area contributed by atoms with Crippen molar-refractivity contribution >= 4 is 28.5 Å². The van der Waals surface area contributed by atoms with Crippen LogP contribution in [0.3, 0.4) is 0 Å². The van der Waals surface area contributed by atoms with Crippen LogP contribution in [0.25, 0.3) is 10.9 Å². The molecule has 2 heterocycles. The Morgan fingerprint density at radius 2 is 1.96 bits per heavy atom. The number of halogens is 1. The number of benzene rings is 1. The van der Waals surface area contributed by atoms with Gasteiger partial charge in [0, 0.05) is 23.2 Å². The van der Waals surface area contributed by atoms with Crippen molar-refractivity contribution in [2.45, 2.75) is 18.3 Å². The van der Waals surface area contributed by atoms with Crippen molar-refractivity contribution < 1.29 is 9.90 Å². The number of carboxylic acids is 1. The summed E-state index contributed by atoms with van der Waals surface area (Å²) in [7, 11) is 0. The summed E-state index contributed by atoms with van der Waals surface area (Å²) in [5.74, 6) is -0.941. The summed E-state index contributed by atoms with van der Waals surface area (Å²) >= 11 is 5.93. The van der Waals surface area contributed by atoms with Crippen molar-refractivity contribution in [1.29, 1.82) is 0 Å². The first-order valence-corrected chi connectivity index (χ1v) is 7.72. The molecule has 0 bridgehead atoms. The standard InChI is InChI=1S/C18H13ClN2O2/c19-12-2-4-16(21-10-12)18(6-7-18)11-1-3-15-14(9-11)13(17(22)23)5-8-20-15/h1-5,8-10H,6-7H2,(H,22,23). The van der Waals surface area contributed by atoms with E-state index in [4.69, 9.17) is 11.6 Å². The highest BCUT2D eigenvalue weighted by Gasteiger charge is 2.47. The molecular formula is C18H13ClN2O2. The lowest BCUT2D eigenvalue weighted by Gasteiger charge is -2.16. The van der Waals surface area contributed by atoms with Crippen LogP contribution in [0.4, 0.5) is 0 Å². The molecule has 0 amide bonds. The van der Waals surface area contributed by atoms with Gasteiger partial charge in [0.2, 0.25) is 0 Å². The number of aromatic carboxylic acids is 1. The number of nitrogens with zero attached hydrogens (tertiary/aromatic N) is 2. The van der Waals surface area contributed by atoms with Crippen LogP contribution in [0.2, 0.25) is 5.02 Å². The fraction of sp³-hybridized carbons (Fsp3) is 0.167. The van der Waals surface area contributed by atoms with Gasteiger partial charge < -0.3 is 5.11 Å². The summed E-state index contributed by atoms with van der Waals surface area (Å²) < 4.78 is 0. The Balaban J connectivity index is 1.87. The maximum Gasteiger partial charge on any atom is 0.336 e. The summed E-state index contributed by atoms with van der Waals surface area (Å²) in [6.07, 6.45) is 5.17. The van der Waals surface area contributed by atoms with E-state index >= 15 is 0 Å². The second kappa shape index (κ2) is 5.03. The summed E-state index contributed by atoms with van der Waals surface area (Å²) in [6, 6.07) is 11.2. The number of fused-ring (bicyclic) bond motifs is 1. The number of rotatable bonds is 3. The Hall–Kier alpha value is -2.46. The Labute approximate surface area is 137 Å². The zero-order chi connectivity index (χ0) is 16.0. The fourth-order valence-electron chi connectivity index (χ4n) is 3.11. The number of carboxylic acid groups (broad SMARTS) is 1. The van der Waals surface area contributed by atoms with E-state index in [1.165, 1.54) is 12.3 Å². The Bertz CT molecular complexity index is 918. The summed E-state index contributed by atoms with van der Waals surface area (Å²) in [5.41, 5.74) is 2.88. The van der Waals surface area contributed by atoms with Crippen LogP contribution in [-0.4, -0.2) is 21.0 Å². The molecular weight excluding hydrogens is 312 g/mol. The topological polar surface area (TPSA) is 63.1 Å². The average molecular weight is 325 g/mol. The van der Waals surface area contributed by atoms with E-state index in [9.17, 15) is 9.90 Å². The zero-order valence-corrected chi connectivity index (χ0v) is 12.9. The van der Waals surface area contributed by atoms with E-state index in [0.29, 0.717) is 15.9 Å². The van der Waals surface area contributed by atoms with Gasteiger partial charge in [-0.05, 0) is 48.7 Å². The van der Waals surface area contributed by atoms with Gasteiger partial charge in [0.25, 0.3) is 0 Å². The molecule has 0 unspecified atom stereocenters. The van der Waals surface area contributed by atoms with Crippen molar-refractivity contribution in [2.24, 2.45) is 0 Å². The van der Waals surface area contributed by atoms with Crippen LogP contribution in [0.1, 0.15) is 34.5 Å². The summed E-state index contributed by atoms with van der Waals surface area (Å²) in [6.45, 7) is 0. The van der Waals surface area contributed by atoms with Gasteiger partial charge in [-0.3, -0.25) is 9.97 Å². The molecule has 5 heteroatoms. The van der Waals surface area contributed by atoms with Gasteiger partial charge in [0.1, 0.15) is 0 Å². The fourth-order valence-corrected chi connectivity index (χ4v) is 3.22. The van der Waals surface area contributed by atoms with Crippen molar-refractivity contribution in [1.82, 2.24) is 9.97 Å². The van der Waals surface area contributed by atoms with Crippen LogP contribution in [-0.2, 0) is 5.41 Å². The first-order valence-electron chi connectivity index (χ1n) is 7.35. The summed E-state index contributed by atoms with van der Waals surface area (Å²) in [5, 5.41) is 10.7. The first-order chi connectivity index (χ1) is 11.1. The lowest BCUT2D eigenvalue weighted by molar-refractivity contribution is 0.0699. The van der Waals surface area contributed by atoms with Gasteiger partial charge in [-0.15, -0.1) is 0 Å². The smallest absolute Gasteiger partial charge is 0.336 e. The summed E-state index contributed by atoms with van der Waals surface area (Å²) in [4.78, 5) is 20.2. The molecule has 1 aromatic carbocycles. The molecule has 2 aromatic heterocycles. The first kappa shape index (κ1) is 14.2. The highest BCUT2D eigenvalue weighted by molar-refractivity contribution is 6.30. The second-order valence-corrected chi connectivity index (χ2v) is 6.28. The Morgan fingerprint density at radius 3 is 2.61 bits per heavy atom. The zero-order valence-electron chi connectivity index (χ0n) is 12.2. The molecule has 4 nitrogen and oxygen atoms in total. The Kier molecular flexibility index (Phi) is 3.10. The van der Waals surface area contributed by atoms with Gasteiger partial charge in [0.05, 0.1) is 21.8 Å². The highest BCUT2D eigenvalue weighted by Crippen LogP contribution is 2.53. The highest BCUT2D eigenvalue weighted by atomic mass is 35.5. The van der Waals surface area contributed by atoms with Gasteiger partial charge in [-0.2, -0.15) is 0 Å². The van der Waals surface area contributed by atoms with E-state index in [1.54, 1.807) is 6.20 Å². The molecule has 0 saturated heterocycles. The van der Waals surface area contributed by atoms with E-state index < -0.39 is 5.97 Å². The number of pyridine rings is 2. The monoisotopic (exact) mass is 324 g/mol. The molecule has 1 saturated carbocycles. The van der Waals surface area contributed by atoms with E-state index in [2.05, 4.69) is 9.97 Å². The van der Waals surface area contributed by atoms with Gasteiger partial charge in [0.15, 0.2) is 0 Å². The molecule has 1 aliphatic carbocycles. The molecule has 1 aliphatic rings. The molecule has 0 spiro atoms. The van der Waals surface area contributed by atoms with E-state index in [1.807, 2.05) is 30.3 Å². The predicted octanol–water partition coefficient (Wildman–Crippen LogP) is 4.06. The van der Waals surface area contributed by atoms with Crippen molar-refractivity contribution in [3.63, 3.8) is 0 Å². The number of carbonyl (C=O) groups is 1. The molecule has 4 rings (SSSR count). The number of hydrogen-bond donors (Lipinski definition) is 1. The molecule has 23 heavy (non-hydrogen) atoms. The van der Waals surface area contributed by atoms with Crippen molar-refractivity contribution in [3.05, 3.63) is 70.6 Å².